The Balaban J connectivity index is 1.69. The van der Waals surface area contributed by atoms with E-state index >= 15 is 0 Å². The second-order valence-corrected chi connectivity index (χ2v) is 5.93. The molecule has 0 spiro atoms. The first kappa shape index (κ1) is 15.8. The fraction of sp³-hybridized carbons (Fsp3) is 0.588. The van der Waals surface area contributed by atoms with Gasteiger partial charge < -0.3 is 9.84 Å². The highest BCUT2D eigenvalue weighted by Gasteiger charge is 2.31. The number of nitriles is 1. The minimum Gasteiger partial charge on any atom is -0.494 e. The van der Waals surface area contributed by atoms with E-state index in [9.17, 15) is 5.26 Å². The molecule has 1 saturated carbocycles. The number of hydrogen-bond acceptors (Lipinski definition) is 4. The normalized spacial score (nSPS) is 17.0. The van der Waals surface area contributed by atoms with Crippen molar-refractivity contribution < 1.29 is 9.84 Å². The molecule has 4 nitrogen and oxygen atoms in total. The summed E-state index contributed by atoms with van der Waals surface area (Å²) in [5.74, 6) is 0.838. The summed E-state index contributed by atoms with van der Waals surface area (Å²) in [6.45, 7) is 2.75. The van der Waals surface area contributed by atoms with Gasteiger partial charge in [-0.25, -0.2) is 0 Å². The van der Waals surface area contributed by atoms with E-state index in [0.717, 1.165) is 24.2 Å². The van der Waals surface area contributed by atoms with E-state index in [1.54, 1.807) is 0 Å². The lowest BCUT2D eigenvalue weighted by molar-refractivity contribution is 0.284. The Morgan fingerprint density at radius 3 is 2.67 bits per heavy atom. The van der Waals surface area contributed by atoms with Crippen LogP contribution in [-0.2, 0) is 6.42 Å². The first-order valence-corrected chi connectivity index (χ1v) is 7.67. The minimum atomic E-state index is -0.435. The number of nitrogens with one attached hydrogen (secondary N) is 1. The molecule has 21 heavy (non-hydrogen) atoms. The molecule has 2 rings (SSSR count). The highest BCUT2D eigenvalue weighted by molar-refractivity contribution is 5.27. The number of aliphatic hydroxyl groups excluding tert-OH is 1. The first-order chi connectivity index (χ1) is 10.1. The van der Waals surface area contributed by atoms with Crippen molar-refractivity contribution in [1.29, 1.82) is 5.26 Å². The van der Waals surface area contributed by atoms with Crippen LogP contribution in [0.5, 0.6) is 5.75 Å². The third-order valence-electron chi connectivity index (χ3n) is 3.76. The molecule has 0 aromatic heterocycles. The van der Waals surface area contributed by atoms with E-state index < -0.39 is 5.54 Å². The minimum absolute atomic E-state index is 0.168. The van der Waals surface area contributed by atoms with Crippen molar-refractivity contribution >= 4 is 0 Å². The molecule has 1 aromatic carbocycles. The summed E-state index contributed by atoms with van der Waals surface area (Å²) in [6, 6.07) is 10.7. The van der Waals surface area contributed by atoms with Crippen molar-refractivity contribution in [2.24, 2.45) is 0 Å². The maximum Gasteiger partial charge on any atom is 0.119 e. The fourth-order valence-electron chi connectivity index (χ4n) is 2.34. The zero-order valence-electron chi connectivity index (χ0n) is 12.6. The summed E-state index contributed by atoms with van der Waals surface area (Å²) < 4.78 is 5.70. The Hall–Kier alpha value is -1.57. The molecule has 1 aliphatic carbocycles. The molecule has 0 aliphatic heterocycles. The van der Waals surface area contributed by atoms with E-state index in [2.05, 4.69) is 11.4 Å². The molecule has 0 saturated heterocycles. The summed E-state index contributed by atoms with van der Waals surface area (Å²) >= 11 is 0. The molecule has 2 N–H and O–H groups in total. The van der Waals surface area contributed by atoms with Gasteiger partial charge in [-0.3, -0.25) is 5.32 Å². The largest absolute Gasteiger partial charge is 0.494 e. The fourth-order valence-corrected chi connectivity index (χ4v) is 2.34. The van der Waals surface area contributed by atoms with Crippen LogP contribution in [0.3, 0.4) is 0 Å². The maximum atomic E-state index is 9.29. The van der Waals surface area contributed by atoms with Crippen LogP contribution >= 0.6 is 0 Å². The molecule has 0 amide bonds. The van der Waals surface area contributed by atoms with Gasteiger partial charge in [0.05, 0.1) is 12.7 Å². The van der Waals surface area contributed by atoms with Crippen LogP contribution in [0.1, 0.15) is 38.2 Å². The van der Waals surface area contributed by atoms with Crippen molar-refractivity contribution in [1.82, 2.24) is 5.32 Å². The molecule has 4 heteroatoms. The third-order valence-corrected chi connectivity index (χ3v) is 3.76. The molecular weight excluding hydrogens is 264 g/mol. The van der Waals surface area contributed by atoms with Gasteiger partial charge in [-0.15, -0.1) is 0 Å². The van der Waals surface area contributed by atoms with Gasteiger partial charge in [0.15, 0.2) is 0 Å². The van der Waals surface area contributed by atoms with Crippen LogP contribution in [0.15, 0.2) is 24.3 Å². The Morgan fingerprint density at radius 2 is 2.10 bits per heavy atom. The highest BCUT2D eigenvalue weighted by Crippen LogP contribution is 2.24. The van der Waals surface area contributed by atoms with Gasteiger partial charge in [0.2, 0.25) is 0 Å². The van der Waals surface area contributed by atoms with Gasteiger partial charge in [0.1, 0.15) is 11.3 Å². The average molecular weight is 288 g/mol. The van der Waals surface area contributed by atoms with E-state index in [-0.39, 0.29) is 6.61 Å². The van der Waals surface area contributed by atoms with Gasteiger partial charge in [-0.1, -0.05) is 12.1 Å². The van der Waals surface area contributed by atoms with Crippen LogP contribution < -0.4 is 10.1 Å². The van der Waals surface area contributed by atoms with Crippen LogP contribution in [0.4, 0.5) is 0 Å². The molecule has 1 unspecified atom stereocenters. The second-order valence-electron chi connectivity index (χ2n) is 5.93. The Bertz CT molecular complexity index is 477. The topological polar surface area (TPSA) is 65.3 Å². The van der Waals surface area contributed by atoms with Crippen molar-refractivity contribution in [2.45, 2.75) is 50.6 Å². The van der Waals surface area contributed by atoms with Crippen molar-refractivity contribution in [3.63, 3.8) is 0 Å². The summed E-state index contributed by atoms with van der Waals surface area (Å²) in [5.41, 5.74) is 0.672. The quantitative estimate of drug-likeness (QED) is 0.685. The number of nitrogens with zero attached hydrogens (tertiary/aromatic N) is 1. The summed E-state index contributed by atoms with van der Waals surface area (Å²) in [5, 5.41) is 21.5. The smallest absolute Gasteiger partial charge is 0.119 e. The van der Waals surface area contributed by atoms with E-state index in [1.807, 2.05) is 31.2 Å². The maximum absolute atomic E-state index is 9.29. The Morgan fingerprint density at radius 1 is 1.38 bits per heavy atom. The lowest BCUT2D eigenvalue weighted by atomic mass is 9.98. The predicted molar refractivity (Wildman–Crippen MR) is 82.1 cm³/mol. The molecule has 114 valence electrons. The molecule has 1 aromatic rings. The molecule has 1 fully saturated rings. The molecule has 0 bridgehead atoms. The van der Waals surface area contributed by atoms with Crippen LogP contribution in [0.25, 0.3) is 0 Å². The van der Waals surface area contributed by atoms with Crippen LogP contribution in [0, 0.1) is 11.3 Å². The highest BCUT2D eigenvalue weighted by atomic mass is 16.5. The molecule has 0 radical (unpaired) electrons. The third kappa shape index (κ3) is 5.37. The number of ether oxygens (including phenoxy) is 1. The SMILES string of the molecule is CC(C#N)(CCCOc1ccc(CCO)cc1)NC1CC1. The van der Waals surface area contributed by atoms with Gasteiger partial charge in [-0.05, 0) is 56.7 Å². The van der Waals surface area contributed by atoms with Gasteiger partial charge in [-0.2, -0.15) is 5.26 Å². The number of aliphatic hydroxyl groups is 1. The Labute approximate surface area is 126 Å². The van der Waals surface area contributed by atoms with Crippen LogP contribution in [-0.4, -0.2) is 29.9 Å². The summed E-state index contributed by atoms with van der Waals surface area (Å²) in [7, 11) is 0. The van der Waals surface area contributed by atoms with Crippen LogP contribution in [0.2, 0.25) is 0 Å². The van der Waals surface area contributed by atoms with E-state index in [1.165, 1.54) is 12.8 Å². The predicted octanol–water partition coefficient (Wildman–Crippen LogP) is 2.41. The average Bonchev–Trinajstić information content (AvgIpc) is 3.29. The van der Waals surface area contributed by atoms with Crippen molar-refractivity contribution in [2.75, 3.05) is 13.2 Å². The summed E-state index contributed by atoms with van der Waals surface area (Å²) in [6.07, 6.45) is 4.69. The molecule has 1 aliphatic rings. The van der Waals surface area contributed by atoms with Crippen molar-refractivity contribution in [3.8, 4) is 11.8 Å². The van der Waals surface area contributed by atoms with Gasteiger partial charge in [0, 0.05) is 12.6 Å². The number of hydrogen-bond donors (Lipinski definition) is 2. The number of rotatable bonds is 9. The Kier molecular flexibility index (Phi) is 5.60. The lowest BCUT2D eigenvalue weighted by Crippen LogP contribution is -2.42. The standard InChI is InChI=1S/C17H24N2O2/c1-17(13-18,19-15-5-6-15)10-2-12-21-16-7-3-14(4-8-16)9-11-20/h3-4,7-8,15,19-20H,2,5-6,9-12H2,1H3. The monoisotopic (exact) mass is 288 g/mol. The summed E-state index contributed by atoms with van der Waals surface area (Å²) in [4.78, 5) is 0. The number of benzene rings is 1. The zero-order valence-corrected chi connectivity index (χ0v) is 12.6. The molecule has 0 heterocycles. The van der Waals surface area contributed by atoms with E-state index in [4.69, 9.17) is 9.84 Å². The second kappa shape index (κ2) is 7.44. The first-order valence-electron chi connectivity index (χ1n) is 7.67. The molecule has 1 atom stereocenters. The van der Waals surface area contributed by atoms with Gasteiger partial charge >= 0.3 is 0 Å². The zero-order chi connectivity index (χ0) is 15.1. The van der Waals surface area contributed by atoms with Gasteiger partial charge in [0.25, 0.3) is 0 Å². The molecular formula is C17H24N2O2. The van der Waals surface area contributed by atoms with Crippen molar-refractivity contribution in [3.05, 3.63) is 29.8 Å². The van der Waals surface area contributed by atoms with E-state index in [0.29, 0.717) is 19.1 Å². The lowest BCUT2D eigenvalue weighted by Gasteiger charge is -2.23.